The van der Waals surface area contributed by atoms with Crippen LogP contribution in [0.15, 0.2) is 12.3 Å². The van der Waals surface area contributed by atoms with Gasteiger partial charge in [0.2, 0.25) is 0 Å². The van der Waals surface area contributed by atoms with Crippen LogP contribution in [0.5, 0.6) is 0 Å². The minimum Gasteiger partial charge on any atom is -0.381 e. The quantitative estimate of drug-likeness (QED) is 0.939. The molecule has 0 bridgehead atoms. The van der Waals surface area contributed by atoms with E-state index in [0.717, 1.165) is 36.4 Å². The number of pyridine rings is 1. The highest BCUT2D eigenvalue weighted by molar-refractivity contribution is 5.98. The van der Waals surface area contributed by atoms with Crippen LogP contribution in [0.4, 0.5) is 0 Å². The van der Waals surface area contributed by atoms with E-state index in [4.69, 9.17) is 4.74 Å². The second-order valence-corrected chi connectivity index (χ2v) is 6.16. The van der Waals surface area contributed by atoms with E-state index in [1.165, 1.54) is 0 Å². The second kappa shape index (κ2) is 6.04. The van der Waals surface area contributed by atoms with Gasteiger partial charge in [0.05, 0.1) is 24.1 Å². The van der Waals surface area contributed by atoms with Crippen molar-refractivity contribution in [3.63, 3.8) is 0 Å². The molecular weight excluding hydrogens is 280 g/mol. The summed E-state index contributed by atoms with van der Waals surface area (Å²) in [7, 11) is 0. The van der Waals surface area contributed by atoms with Crippen LogP contribution in [-0.4, -0.2) is 40.4 Å². The molecule has 118 valence electrons. The average Bonchev–Trinajstić information content (AvgIpc) is 3.12. The van der Waals surface area contributed by atoms with Gasteiger partial charge in [-0.25, -0.2) is 9.67 Å². The molecule has 3 rings (SSSR count). The first-order valence-corrected chi connectivity index (χ1v) is 7.77. The third-order valence-electron chi connectivity index (χ3n) is 4.07. The van der Waals surface area contributed by atoms with Crippen LogP contribution in [0, 0.1) is 12.8 Å². The van der Waals surface area contributed by atoms with Crippen LogP contribution in [0.1, 0.15) is 42.4 Å². The highest BCUT2D eigenvalue weighted by atomic mass is 16.5. The molecular formula is C16H22N4O2. The third-order valence-corrected chi connectivity index (χ3v) is 4.07. The fourth-order valence-electron chi connectivity index (χ4n) is 2.75. The normalized spacial score (nSPS) is 18.3. The topological polar surface area (TPSA) is 69.0 Å². The summed E-state index contributed by atoms with van der Waals surface area (Å²) in [5.74, 6) is 0.348. The molecule has 0 saturated carbocycles. The monoisotopic (exact) mass is 302 g/mol. The molecule has 22 heavy (non-hydrogen) atoms. The molecule has 1 aliphatic heterocycles. The van der Waals surface area contributed by atoms with Crippen molar-refractivity contribution in [2.24, 2.45) is 5.92 Å². The van der Waals surface area contributed by atoms with E-state index in [0.29, 0.717) is 18.0 Å². The molecule has 1 amide bonds. The predicted octanol–water partition coefficient (Wildman–Crippen LogP) is 2.09. The van der Waals surface area contributed by atoms with Gasteiger partial charge in [-0.05, 0) is 33.3 Å². The van der Waals surface area contributed by atoms with Crippen molar-refractivity contribution in [2.45, 2.75) is 33.2 Å². The van der Waals surface area contributed by atoms with Crippen molar-refractivity contribution >= 4 is 16.9 Å². The number of carbonyl (C=O) groups excluding carboxylic acids is 1. The Balaban J connectivity index is 1.80. The molecule has 3 heterocycles. The highest BCUT2D eigenvalue weighted by Crippen LogP contribution is 2.19. The zero-order chi connectivity index (χ0) is 15.7. The minimum atomic E-state index is -0.0731. The first kappa shape index (κ1) is 15.0. The van der Waals surface area contributed by atoms with E-state index in [-0.39, 0.29) is 11.9 Å². The second-order valence-electron chi connectivity index (χ2n) is 6.16. The summed E-state index contributed by atoms with van der Waals surface area (Å²) in [6, 6.07) is 2.12. The van der Waals surface area contributed by atoms with Crippen LogP contribution in [0.3, 0.4) is 0 Å². The lowest BCUT2D eigenvalue weighted by atomic mass is 10.1. The summed E-state index contributed by atoms with van der Waals surface area (Å²) in [4.78, 5) is 17.0. The largest absolute Gasteiger partial charge is 0.381 e. The molecule has 1 fully saturated rings. The summed E-state index contributed by atoms with van der Waals surface area (Å²) in [6.07, 6.45) is 2.78. The van der Waals surface area contributed by atoms with E-state index in [1.54, 1.807) is 6.20 Å². The molecule has 0 unspecified atom stereocenters. The number of nitrogens with one attached hydrogen (secondary N) is 1. The molecule has 6 nitrogen and oxygen atoms in total. The van der Waals surface area contributed by atoms with Gasteiger partial charge in [0.1, 0.15) is 0 Å². The van der Waals surface area contributed by atoms with E-state index >= 15 is 0 Å². The first-order valence-electron chi connectivity index (χ1n) is 7.77. The van der Waals surface area contributed by atoms with E-state index < -0.39 is 0 Å². The molecule has 0 radical (unpaired) electrons. The lowest BCUT2D eigenvalue weighted by Crippen LogP contribution is -2.30. The molecule has 0 aromatic carbocycles. The molecule has 1 atom stereocenters. The van der Waals surface area contributed by atoms with Gasteiger partial charge in [0, 0.05) is 30.5 Å². The van der Waals surface area contributed by atoms with Crippen molar-refractivity contribution in [3.05, 3.63) is 23.5 Å². The van der Waals surface area contributed by atoms with Gasteiger partial charge in [-0.15, -0.1) is 0 Å². The summed E-state index contributed by atoms with van der Waals surface area (Å²) < 4.78 is 7.20. The first-order chi connectivity index (χ1) is 10.6. The Kier molecular flexibility index (Phi) is 4.11. The predicted molar refractivity (Wildman–Crippen MR) is 83.9 cm³/mol. The number of aromatic nitrogens is 3. The third kappa shape index (κ3) is 2.83. The summed E-state index contributed by atoms with van der Waals surface area (Å²) in [5, 5.41) is 8.24. The maximum absolute atomic E-state index is 12.4. The number of nitrogens with zero attached hydrogens (tertiary/aromatic N) is 3. The molecule has 0 aliphatic carbocycles. The van der Waals surface area contributed by atoms with Gasteiger partial charge in [-0.1, -0.05) is 0 Å². The minimum absolute atomic E-state index is 0.0731. The Morgan fingerprint density at radius 1 is 1.55 bits per heavy atom. The Labute approximate surface area is 129 Å². The van der Waals surface area contributed by atoms with Gasteiger partial charge in [0.15, 0.2) is 5.65 Å². The zero-order valence-electron chi connectivity index (χ0n) is 13.3. The summed E-state index contributed by atoms with van der Waals surface area (Å²) in [5.41, 5.74) is 2.18. The Bertz CT molecular complexity index is 687. The number of rotatable bonds is 4. The van der Waals surface area contributed by atoms with Crippen LogP contribution in [0.25, 0.3) is 11.0 Å². The van der Waals surface area contributed by atoms with Crippen LogP contribution < -0.4 is 5.32 Å². The Hall–Kier alpha value is -1.95. The van der Waals surface area contributed by atoms with Gasteiger partial charge < -0.3 is 10.1 Å². The molecule has 1 aliphatic rings. The highest BCUT2D eigenvalue weighted by Gasteiger charge is 2.19. The van der Waals surface area contributed by atoms with Crippen molar-refractivity contribution in [2.75, 3.05) is 19.8 Å². The van der Waals surface area contributed by atoms with E-state index in [9.17, 15) is 4.79 Å². The number of amides is 1. The molecule has 0 spiro atoms. The molecule has 1 N–H and O–H groups in total. The maximum Gasteiger partial charge on any atom is 0.253 e. The molecule has 1 saturated heterocycles. The lowest BCUT2D eigenvalue weighted by molar-refractivity contribution is 0.0944. The van der Waals surface area contributed by atoms with Gasteiger partial charge >= 0.3 is 0 Å². The van der Waals surface area contributed by atoms with Crippen molar-refractivity contribution < 1.29 is 9.53 Å². The Morgan fingerprint density at radius 2 is 2.36 bits per heavy atom. The fraction of sp³-hybridized carbons (Fsp3) is 0.562. The van der Waals surface area contributed by atoms with Gasteiger partial charge in [-0.2, -0.15) is 5.10 Å². The molecule has 6 heteroatoms. The van der Waals surface area contributed by atoms with Crippen molar-refractivity contribution in [3.8, 4) is 0 Å². The standard InChI is InChI=1S/C16H22N4O2/c1-10(2)20-15-13(8-18-20)6-14(11(3)19-15)16(21)17-7-12-4-5-22-9-12/h6,8,10,12H,4-5,7,9H2,1-3H3,(H,17,21)/t12-/m0/s1. The number of fused-ring (bicyclic) bond motifs is 1. The van der Waals surface area contributed by atoms with Gasteiger partial charge in [0.25, 0.3) is 5.91 Å². The van der Waals surface area contributed by atoms with Crippen molar-refractivity contribution in [1.29, 1.82) is 0 Å². The molecule has 2 aromatic heterocycles. The molecule has 2 aromatic rings. The fourth-order valence-corrected chi connectivity index (χ4v) is 2.75. The van der Waals surface area contributed by atoms with Crippen molar-refractivity contribution in [1.82, 2.24) is 20.1 Å². The smallest absolute Gasteiger partial charge is 0.253 e. The number of aryl methyl sites for hydroxylation is 1. The number of hydrogen-bond acceptors (Lipinski definition) is 4. The number of ether oxygens (including phenoxy) is 1. The van der Waals surface area contributed by atoms with E-state index in [1.807, 2.05) is 17.7 Å². The SMILES string of the molecule is Cc1nc2c(cnn2C(C)C)cc1C(=O)NC[C@@H]1CCOC1. The zero-order valence-corrected chi connectivity index (χ0v) is 13.3. The Morgan fingerprint density at radius 3 is 3.05 bits per heavy atom. The average molecular weight is 302 g/mol. The summed E-state index contributed by atoms with van der Waals surface area (Å²) >= 11 is 0. The van der Waals surface area contributed by atoms with Crippen LogP contribution in [0.2, 0.25) is 0 Å². The maximum atomic E-state index is 12.4. The summed E-state index contributed by atoms with van der Waals surface area (Å²) in [6.45, 7) is 8.17. The van der Waals surface area contributed by atoms with Crippen LogP contribution >= 0.6 is 0 Å². The lowest BCUT2D eigenvalue weighted by Gasteiger charge is -2.11. The van der Waals surface area contributed by atoms with Gasteiger partial charge in [-0.3, -0.25) is 4.79 Å². The van der Waals surface area contributed by atoms with E-state index in [2.05, 4.69) is 29.2 Å². The number of hydrogen-bond donors (Lipinski definition) is 1. The van der Waals surface area contributed by atoms with Crippen LogP contribution in [-0.2, 0) is 4.74 Å². The number of carbonyl (C=O) groups is 1.